The van der Waals surface area contributed by atoms with Gasteiger partial charge in [-0.05, 0) is 91.4 Å². The number of fused-ring (bicyclic) bond motifs is 2. The zero-order valence-electron chi connectivity index (χ0n) is 35.6. The van der Waals surface area contributed by atoms with E-state index in [-0.39, 0.29) is 54.1 Å². The highest BCUT2D eigenvalue weighted by molar-refractivity contribution is 7.13. The summed E-state index contributed by atoms with van der Waals surface area (Å²) in [5.74, 6) is -1.64. The quantitative estimate of drug-likeness (QED) is 0.152. The van der Waals surface area contributed by atoms with Crippen LogP contribution in [0.4, 0.5) is 25.3 Å². The van der Waals surface area contributed by atoms with Crippen LogP contribution in [0.15, 0.2) is 78.6 Å². The van der Waals surface area contributed by atoms with Gasteiger partial charge in [0.25, 0.3) is 11.8 Å². The Labute approximate surface area is 377 Å². The van der Waals surface area contributed by atoms with Crippen molar-refractivity contribution < 1.29 is 32.8 Å². The number of aromatic nitrogens is 3. The average Bonchev–Trinajstić information content (AvgIpc) is 4.12. The number of carbonyl (C=O) groups is 5. The maximum absolute atomic E-state index is 15.9. The average molecular weight is 903 g/mol. The predicted molar refractivity (Wildman–Crippen MR) is 239 cm³/mol. The number of hydrogen-bond acceptors (Lipinski definition) is 11. The number of imide groups is 1. The van der Waals surface area contributed by atoms with E-state index in [1.165, 1.54) is 34.2 Å². The van der Waals surface area contributed by atoms with E-state index in [9.17, 15) is 28.4 Å². The summed E-state index contributed by atoms with van der Waals surface area (Å²) in [6.07, 6.45) is 4.66. The Hall–Kier alpha value is -6.53. The topological polar surface area (TPSA) is 165 Å². The number of amides is 5. The molecule has 3 saturated heterocycles. The molecular weight excluding hydrogens is 855 g/mol. The van der Waals surface area contributed by atoms with Gasteiger partial charge < -0.3 is 24.6 Å². The molecule has 3 fully saturated rings. The summed E-state index contributed by atoms with van der Waals surface area (Å²) >= 11 is 1.22. The molecule has 0 radical (unpaired) electrons. The van der Waals surface area contributed by atoms with Crippen LogP contribution in [0.3, 0.4) is 0 Å². The molecule has 10 rings (SSSR count). The van der Waals surface area contributed by atoms with E-state index in [1.54, 1.807) is 22.2 Å². The number of benzene rings is 3. The molecule has 0 bridgehead atoms. The number of rotatable bonds is 11. The van der Waals surface area contributed by atoms with Gasteiger partial charge in [-0.25, -0.2) is 18.7 Å². The number of nitrogens with zero attached hydrogens (tertiary/aromatic N) is 7. The maximum Gasteiger partial charge on any atom is 0.255 e. The van der Waals surface area contributed by atoms with E-state index < -0.39 is 35.9 Å². The van der Waals surface area contributed by atoms with Gasteiger partial charge in [0, 0.05) is 78.8 Å². The van der Waals surface area contributed by atoms with E-state index in [1.807, 2.05) is 41.3 Å². The molecule has 5 aliphatic rings. The van der Waals surface area contributed by atoms with Crippen molar-refractivity contribution in [1.29, 1.82) is 0 Å². The van der Waals surface area contributed by atoms with Crippen LogP contribution in [0, 0.1) is 5.82 Å². The first kappa shape index (κ1) is 42.4. The molecule has 7 heterocycles. The van der Waals surface area contributed by atoms with Crippen molar-refractivity contribution in [3.8, 4) is 11.1 Å². The number of imidazole rings is 1. The molecule has 0 spiro atoms. The zero-order chi connectivity index (χ0) is 44.8. The van der Waals surface area contributed by atoms with Crippen molar-refractivity contribution in [1.82, 2.24) is 34.6 Å². The van der Waals surface area contributed by atoms with Crippen molar-refractivity contribution in [2.45, 2.75) is 69.4 Å². The van der Waals surface area contributed by atoms with Gasteiger partial charge in [-0.3, -0.25) is 39.5 Å². The minimum absolute atomic E-state index is 0.0593. The van der Waals surface area contributed by atoms with Gasteiger partial charge in [-0.2, -0.15) is 0 Å². The Balaban J connectivity index is 0.725. The zero-order valence-corrected chi connectivity index (χ0v) is 36.4. The van der Waals surface area contributed by atoms with Gasteiger partial charge in [0.1, 0.15) is 18.0 Å². The SMILES string of the molecule is O=C1CCC(Nc2ccc(C3CCN(CC(=O)N4CCN(c5ccc(-c6cc(F)c7c(c6)C(=O)N(C(C(=O)Nc6nccs6)c6ncn8c6CC(F)C8)C7)cc5)CC4)CC3)cc2)C(=O)N1. The van der Waals surface area contributed by atoms with Crippen LogP contribution >= 0.6 is 11.3 Å². The first-order valence-electron chi connectivity index (χ1n) is 22.1. The fourth-order valence-corrected chi connectivity index (χ4v) is 10.4. The second kappa shape index (κ2) is 17.8. The molecule has 3 atom stereocenters. The Bertz CT molecular complexity index is 2630. The summed E-state index contributed by atoms with van der Waals surface area (Å²) < 4.78 is 32.1. The highest BCUT2D eigenvalue weighted by Gasteiger charge is 2.43. The molecule has 2 aromatic heterocycles. The molecule has 5 aliphatic heterocycles. The third kappa shape index (κ3) is 8.71. The Morgan fingerprint density at radius 2 is 1.68 bits per heavy atom. The lowest BCUT2D eigenvalue weighted by Crippen LogP contribution is -2.51. The van der Waals surface area contributed by atoms with Crippen molar-refractivity contribution in [3.05, 3.63) is 112 Å². The Morgan fingerprint density at radius 3 is 2.40 bits per heavy atom. The maximum atomic E-state index is 15.9. The molecule has 5 amide bonds. The number of anilines is 3. The minimum atomic E-state index is -1.23. The predicted octanol–water partition coefficient (Wildman–Crippen LogP) is 5.12. The van der Waals surface area contributed by atoms with E-state index in [4.69, 9.17) is 0 Å². The molecule has 5 aromatic rings. The van der Waals surface area contributed by atoms with E-state index in [0.717, 1.165) is 42.9 Å². The van der Waals surface area contributed by atoms with Crippen molar-refractivity contribution in [2.75, 3.05) is 61.3 Å². The molecule has 15 nitrogen and oxygen atoms in total. The Kier molecular flexibility index (Phi) is 11.6. The van der Waals surface area contributed by atoms with E-state index >= 15 is 4.39 Å². The summed E-state index contributed by atoms with van der Waals surface area (Å²) in [7, 11) is 0. The van der Waals surface area contributed by atoms with Crippen LogP contribution in [-0.4, -0.2) is 117 Å². The van der Waals surface area contributed by atoms with Crippen molar-refractivity contribution in [2.24, 2.45) is 0 Å². The largest absolute Gasteiger partial charge is 0.374 e. The van der Waals surface area contributed by atoms with Crippen molar-refractivity contribution >= 4 is 57.4 Å². The highest BCUT2D eigenvalue weighted by atomic mass is 32.1. The lowest BCUT2D eigenvalue weighted by atomic mass is 9.89. The molecule has 65 heavy (non-hydrogen) atoms. The first-order valence-corrected chi connectivity index (χ1v) is 23.0. The number of halogens is 2. The summed E-state index contributed by atoms with van der Waals surface area (Å²) in [6.45, 7) is 4.55. The summed E-state index contributed by atoms with van der Waals surface area (Å²) in [5, 5.41) is 10.4. The van der Waals surface area contributed by atoms with Crippen LogP contribution in [0.25, 0.3) is 11.1 Å². The fourth-order valence-electron chi connectivity index (χ4n) is 9.83. The van der Waals surface area contributed by atoms with Crippen LogP contribution in [-0.2, 0) is 38.7 Å². The molecule has 3 aromatic carbocycles. The third-order valence-corrected chi connectivity index (χ3v) is 14.1. The molecule has 3 unspecified atom stereocenters. The van der Waals surface area contributed by atoms with Gasteiger partial charge >= 0.3 is 0 Å². The fraction of sp³-hybridized carbons (Fsp3) is 0.383. The van der Waals surface area contributed by atoms with Crippen molar-refractivity contribution in [3.63, 3.8) is 0 Å². The lowest BCUT2D eigenvalue weighted by Gasteiger charge is -2.38. The molecule has 3 N–H and O–H groups in total. The van der Waals surface area contributed by atoms with Gasteiger partial charge in [-0.15, -0.1) is 11.3 Å². The normalized spacial score (nSPS) is 20.7. The van der Waals surface area contributed by atoms with Gasteiger partial charge in [0.2, 0.25) is 17.7 Å². The molecule has 336 valence electrons. The molecule has 18 heteroatoms. The number of carbonyl (C=O) groups excluding carboxylic acids is 5. The number of nitrogens with one attached hydrogen (secondary N) is 3. The molecule has 0 aliphatic carbocycles. The number of likely N-dealkylation sites (tertiary alicyclic amines) is 1. The highest BCUT2D eigenvalue weighted by Crippen LogP contribution is 2.39. The second-order valence-electron chi connectivity index (χ2n) is 17.4. The number of thiazole rings is 1. The van der Waals surface area contributed by atoms with Crippen LogP contribution < -0.4 is 20.9 Å². The second-order valence-corrected chi connectivity index (χ2v) is 18.3. The third-order valence-electron chi connectivity index (χ3n) is 13.4. The minimum Gasteiger partial charge on any atom is -0.374 e. The van der Waals surface area contributed by atoms with Crippen LogP contribution in [0.2, 0.25) is 0 Å². The standard InChI is InChI=1S/C47H48F2N10O5S/c48-32-23-39-42(51-27-58(39)24-32)43(45(63)54-47-50-13-20-65-47)59-25-36-35(46(59)64)21-31(22-37(36)49)29-3-7-34(8-4-29)56-16-18-57(19-17-56)41(61)26-55-14-11-30(12-15-55)28-1-5-33(6-2-28)52-38-9-10-40(60)53-44(38)62/h1-8,13,20-22,27,30,32,38,43,52H,9-12,14-19,23-26H2,(H,50,54,63)(H,53,60,62). The smallest absolute Gasteiger partial charge is 0.255 e. The summed E-state index contributed by atoms with van der Waals surface area (Å²) in [4.78, 5) is 81.3. The number of alkyl halides is 1. The monoisotopic (exact) mass is 902 g/mol. The first-order chi connectivity index (χ1) is 31.5. The molecule has 0 saturated carbocycles. The summed E-state index contributed by atoms with van der Waals surface area (Å²) in [6, 6.07) is 17.3. The van der Waals surface area contributed by atoms with Gasteiger partial charge in [0.05, 0.1) is 31.7 Å². The number of piperazine rings is 1. The lowest BCUT2D eigenvalue weighted by molar-refractivity contribution is -0.134. The van der Waals surface area contributed by atoms with Gasteiger partial charge in [0.15, 0.2) is 11.2 Å². The summed E-state index contributed by atoms with van der Waals surface area (Å²) in [5.41, 5.74) is 5.45. The van der Waals surface area contributed by atoms with Crippen LogP contribution in [0.5, 0.6) is 0 Å². The number of piperidine rings is 2. The Morgan fingerprint density at radius 1 is 0.908 bits per heavy atom. The van der Waals surface area contributed by atoms with E-state index in [0.29, 0.717) is 67.9 Å². The van der Waals surface area contributed by atoms with Gasteiger partial charge in [-0.1, -0.05) is 24.3 Å². The molecular formula is C47H48F2N10O5S. The van der Waals surface area contributed by atoms with E-state index in [2.05, 4.69) is 47.9 Å². The number of hydrogen-bond donors (Lipinski definition) is 3. The van der Waals surface area contributed by atoms with Crippen LogP contribution in [0.1, 0.15) is 70.5 Å².